The molecule has 19 heavy (non-hydrogen) atoms. The van der Waals surface area contributed by atoms with Crippen LogP contribution in [0.2, 0.25) is 0 Å². The number of thiazole rings is 1. The molecular weight excluding hydrogens is 258 g/mol. The molecule has 5 nitrogen and oxygen atoms in total. The first kappa shape index (κ1) is 10.7. The summed E-state index contributed by atoms with van der Waals surface area (Å²) in [6, 6.07) is 8.23. The fourth-order valence-corrected chi connectivity index (χ4v) is 2.75. The van der Waals surface area contributed by atoms with Crippen LogP contribution in [0.4, 0.5) is 5.95 Å². The van der Waals surface area contributed by atoms with E-state index < -0.39 is 0 Å². The second kappa shape index (κ2) is 3.89. The maximum absolute atomic E-state index is 4.54. The SMILES string of the molecule is Cc1ccc(-c2nc3n(n2)C(c2nccs2)N3)cc1. The molecule has 3 aromatic rings. The molecule has 3 heterocycles. The lowest BCUT2D eigenvalue weighted by molar-refractivity contribution is 0.508. The summed E-state index contributed by atoms with van der Waals surface area (Å²) in [6.45, 7) is 2.07. The van der Waals surface area contributed by atoms with Crippen molar-refractivity contribution in [2.24, 2.45) is 0 Å². The summed E-state index contributed by atoms with van der Waals surface area (Å²) >= 11 is 1.62. The maximum Gasteiger partial charge on any atom is 0.226 e. The molecule has 4 rings (SSSR count). The molecule has 0 aliphatic carbocycles. The van der Waals surface area contributed by atoms with Gasteiger partial charge in [-0.25, -0.2) is 9.67 Å². The van der Waals surface area contributed by atoms with Crippen LogP contribution in [0, 0.1) is 6.92 Å². The van der Waals surface area contributed by atoms with Gasteiger partial charge in [-0.1, -0.05) is 29.8 Å². The smallest absolute Gasteiger partial charge is 0.226 e. The van der Waals surface area contributed by atoms with Crippen LogP contribution in [0.15, 0.2) is 35.8 Å². The van der Waals surface area contributed by atoms with Gasteiger partial charge in [0.1, 0.15) is 5.01 Å². The van der Waals surface area contributed by atoms with E-state index in [0.29, 0.717) is 0 Å². The molecule has 0 fully saturated rings. The first-order valence-corrected chi connectivity index (χ1v) is 6.89. The van der Waals surface area contributed by atoms with Gasteiger partial charge in [-0.2, -0.15) is 4.98 Å². The molecule has 2 aromatic heterocycles. The van der Waals surface area contributed by atoms with E-state index in [2.05, 4.69) is 39.4 Å². The van der Waals surface area contributed by atoms with Crippen molar-refractivity contribution >= 4 is 17.3 Å². The van der Waals surface area contributed by atoms with Gasteiger partial charge in [-0.3, -0.25) is 0 Å². The lowest BCUT2D eigenvalue weighted by Crippen LogP contribution is -2.32. The molecule has 1 aliphatic heterocycles. The Kier molecular flexibility index (Phi) is 2.19. The third-order valence-electron chi connectivity index (χ3n) is 3.14. The van der Waals surface area contributed by atoms with Crippen molar-refractivity contribution in [2.75, 3.05) is 5.32 Å². The Morgan fingerprint density at radius 2 is 2.11 bits per heavy atom. The molecule has 0 radical (unpaired) electrons. The van der Waals surface area contributed by atoms with Crippen LogP contribution in [0.3, 0.4) is 0 Å². The first-order valence-electron chi connectivity index (χ1n) is 6.01. The zero-order valence-corrected chi connectivity index (χ0v) is 11.1. The van der Waals surface area contributed by atoms with E-state index in [-0.39, 0.29) is 6.17 Å². The topological polar surface area (TPSA) is 55.6 Å². The average Bonchev–Trinajstić information content (AvgIpc) is 3.01. The third kappa shape index (κ3) is 1.64. The summed E-state index contributed by atoms with van der Waals surface area (Å²) in [5, 5.41) is 10.8. The standard InChI is InChI=1S/C13H11N5S/c1-8-2-4-9(5-3-8)10-15-13-16-11(18(13)17-10)12-14-6-7-19-12/h2-7,11H,1H3,(H,15,16,17). The van der Waals surface area contributed by atoms with Gasteiger partial charge in [0.15, 0.2) is 12.0 Å². The molecule has 0 amide bonds. The minimum absolute atomic E-state index is 0.0294. The fourth-order valence-electron chi connectivity index (χ4n) is 2.08. The van der Waals surface area contributed by atoms with E-state index in [0.717, 1.165) is 22.3 Å². The third-order valence-corrected chi connectivity index (χ3v) is 3.96. The van der Waals surface area contributed by atoms with Crippen LogP contribution in [0.5, 0.6) is 0 Å². The summed E-state index contributed by atoms with van der Waals surface area (Å²) in [4.78, 5) is 8.77. The molecule has 0 saturated carbocycles. The van der Waals surface area contributed by atoms with Crippen LogP contribution in [0.1, 0.15) is 16.7 Å². The summed E-state index contributed by atoms with van der Waals surface area (Å²) in [5.74, 6) is 1.55. The minimum Gasteiger partial charge on any atom is -0.327 e. The zero-order valence-electron chi connectivity index (χ0n) is 10.2. The Hall–Kier alpha value is -2.21. The molecule has 0 spiro atoms. The fraction of sp³-hybridized carbons (Fsp3) is 0.154. The van der Waals surface area contributed by atoms with Gasteiger partial charge in [0, 0.05) is 17.1 Å². The lowest BCUT2D eigenvalue weighted by Gasteiger charge is -2.26. The number of nitrogens with zero attached hydrogens (tertiary/aromatic N) is 4. The van der Waals surface area contributed by atoms with Crippen LogP contribution in [0.25, 0.3) is 11.4 Å². The van der Waals surface area contributed by atoms with Gasteiger partial charge in [-0.05, 0) is 6.92 Å². The highest BCUT2D eigenvalue weighted by atomic mass is 32.1. The minimum atomic E-state index is 0.0294. The van der Waals surface area contributed by atoms with Crippen molar-refractivity contribution in [1.29, 1.82) is 0 Å². The molecule has 1 aliphatic rings. The van der Waals surface area contributed by atoms with Gasteiger partial charge in [0.2, 0.25) is 5.95 Å². The Balaban J connectivity index is 1.69. The summed E-state index contributed by atoms with van der Waals surface area (Å²) in [7, 11) is 0. The maximum atomic E-state index is 4.54. The van der Waals surface area contributed by atoms with Crippen molar-refractivity contribution in [2.45, 2.75) is 13.1 Å². The molecule has 1 aromatic carbocycles. The Bertz CT molecular complexity index is 714. The number of anilines is 1. The van der Waals surface area contributed by atoms with Crippen molar-refractivity contribution in [3.8, 4) is 11.4 Å². The van der Waals surface area contributed by atoms with Gasteiger partial charge >= 0.3 is 0 Å². The summed E-state index contributed by atoms with van der Waals surface area (Å²) < 4.78 is 1.88. The van der Waals surface area contributed by atoms with E-state index in [9.17, 15) is 0 Å². The normalized spacial score (nSPS) is 16.6. The van der Waals surface area contributed by atoms with Gasteiger partial charge in [0.05, 0.1) is 0 Å². The van der Waals surface area contributed by atoms with Gasteiger partial charge in [0.25, 0.3) is 0 Å². The number of rotatable bonds is 2. The van der Waals surface area contributed by atoms with Crippen molar-refractivity contribution in [1.82, 2.24) is 19.7 Å². The Labute approximate surface area is 114 Å². The van der Waals surface area contributed by atoms with E-state index >= 15 is 0 Å². The van der Waals surface area contributed by atoms with Crippen molar-refractivity contribution in [3.05, 3.63) is 46.4 Å². The molecule has 94 valence electrons. The van der Waals surface area contributed by atoms with Crippen LogP contribution < -0.4 is 5.32 Å². The van der Waals surface area contributed by atoms with Crippen LogP contribution in [-0.2, 0) is 0 Å². The Morgan fingerprint density at radius 3 is 2.84 bits per heavy atom. The second-order valence-electron chi connectivity index (χ2n) is 4.49. The lowest BCUT2D eigenvalue weighted by atomic mass is 10.1. The number of aromatic nitrogens is 4. The van der Waals surface area contributed by atoms with Crippen molar-refractivity contribution in [3.63, 3.8) is 0 Å². The van der Waals surface area contributed by atoms with E-state index in [1.165, 1.54) is 5.56 Å². The van der Waals surface area contributed by atoms with Crippen LogP contribution >= 0.6 is 11.3 Å². The summed E-state index contributed by atoms with van der Waals surface area (Å²) in [5.41, 5.74) is 2.27. The quantitative estimate of drug-likeness (QED) is 0.777. The molecule has 6 heteroatoms. The predicted octanol–water partition coefficient (Wildman–Crippen LogP) is 2.68. The number of hydrogen-bond acceptors (Lipinski definition) is 5. The largest absolute Gasteiger partial charge is 0.327 e. The highest BCUT2D eigenvalue weighted by Gasteiger charge is 2.32. The molecule has 1 atom stereocenters. The molecule has 0 saturated heterocycles. The highest BCUT2D eigenvalue weighted by Crippen LogP contribution is 2.33. The van der Waals surface area contributed by atoms with Crippen LogP contribution in [-0.4, -0.2) is 19.7 Å². The number of hydrogen-bond donors (Lipinski definition) is 1. The number of nitrogens with one attached hydrogen (secondary N) is 1. The highest BCUT2D eigenvalue weighted by molar-refractivity contribution is 7.09. The summed E-state index contributed by atoms with van der Waals surface area (Å²) in [6.07, 6.45) is 1.83. The van der Waals surface area contributed by atoms with E-state index in [4.69, 9.17) is 0 Å². The first-order chi connectivity index (χ1) is 9.31. The van der Waals surface area contributed by atoms with Crippen molar-refractivity contribution < 1.29 is 0 Å². The zero-order chi connectivity index (χ0) is 12.8. The second-order valence-corrected chi connectivity index (χ2v) is 5.41. The van der Waals surface area contributed by atoms with Gasteiger partial charge in [-0.15, -0.1) is 16.4 Å². The van der Waals surface area contributed by atoms with Gasteiger partial charge < -0.3 is 5.32 Å². The molecular formula is C13H11N5S. The number of aryl methyl sites for hydroxylation is 1. The number of benzene rings is 1. The monoisotopic (exact) mass is 269 g/mol. The molecule has 0 bridgehead atoms. The van der Waals surface area contributed by atoms with E-state index in [1.54, 1.807) is 17.5 Å². The number of fused-ring (bicyclic) bond motifs is 1. The molecule has 1 unspecified atom stereocenters. The van der Waals surface area contributed by atoms with E-state index in [1.807, 2.05) is 22.2 Å². The molecule has 1 N–H and O–H groups in total. The predicted molar refractivity (Wildman–Crippen MR) is 74.1 cm³/mol. The average molecular weight is 269 g/mol. The Morgan fingerprint density at radius 1 is 1.26 bits per heavy atom.